The number of rotatable bonds is 3. The van der Waals surface area contributed by atoms with Crippen LogP contribution in [0.5, 0.6) is 0 Å². The number of carbonyl (C=O) groups excluding carboxylic acids is 1. The molecule has 2 atom stereocenters. The summed E-state index contributed by atoms with van der Waals surface area (Å²) in [5.41, 5.74) is 0. The van der Waals surface area contributed by atoms with Crippen molar-refractivity contribution in [3.05, 3.63) is 0 Å². The maximum atomic E-state index is 11.3. The molecule has 0 heterocycles. The van der Waals surface area contributed by atoms with Gasteiger partial charge >= 0.3 is 12.0 Å². The summed E-state index contributed by atoms with van der Waals surface area (Å²) in [6.45, 7) is 1.90. The molecule has 1 saturated carbocycles. The summed E-state index contributed by atoms with van der Waals surface area (Å²) in [6.07, 6.45) is 5.45. The van der Waals surface area contributed by atoms with Crippen molar-refractivity contribution in [2.45, 2.75) is 45.1 Å². The number of aliphatic carboxylic acids is 1. The van der Waals surface area contributed by atoms with E-state index in [1.165, 1.54) is 6.42 Å². The van der Waals surface area contributed by atoms with Crippen LogP contribution in [-0.2, 0) is 4.79 Å². The zero-order valence-corrected chi connectivity index (χ0v) is 9.66. The van der Waals surface area contributed by atoms with Crippen LogP contribution in [0.1, 0.15) is 39.0 Å². The number of hydrogen-bond donors (Lipinski definition) is 3. The Labute approximate surface area is 95.6 Å². The molecule has 16 heavy (non-hydrogen) atoms. The number of nitrogens with one attached hydrogen (secondary N) is 2. The third-order valence-electron chi connectivity index (χ3n) is 2.99. The number of urea groups is 1. The molecule has 0 aliphatic heterocycles. The van der Waals surface area contributed by atoms with E-state index in [9.17, 15) is 9.59 Å². The fourth-order valence-electron chi connectivity index (χ4n) is 2.02. The summed E-state index contributed by atoms with van der Waals surface area (Å²) in [4.78, 5) is 21.6. The molecule has 0 aromatic heterocycles. The van der Waals surface area contributed by atoms with Gasteiger partial charge in [0.15, 0.2) is 0 Å². The van der Waals surface area contributed by atoms with E-state index in [0.29, 0.717) is 0 Å². The molecule has 5 heteroatoms. The van der Waals surface area contributed by atoms with Gasteiger partial charge in [0.1, 0.15) is 6.54 Å². The Morgan fingerprint density at radius 1 is 1.25 bits per heavy atom. The lowest BCUT2D eigenvalue weighted by Crippen LogP contribution is -2.43. The molecule has 3 N–H and O–H groups in total. The van der Waals surface area contributed by atoms with Crippen LogP contribution in [0.2, 0.25) is 0 Å². The van der Waals surface area contributed by atoms with Gasteiger partial charge in [-0.2, -0.15) is 0 Å². The lowest BCUT2D eigenvalue weighted by atomic mass is 10.0. The smallest absolute Gasteiger partial charge is 0.323 e. The van der Waals surface area contributed by atoms with E-state index in [1.807, 2.05) is 0 Å². The van der Waals surface area contributed by atoms with Gasteiger partial charge in [-0.25, -0.2) is 4.79 Å². The van der Waals surface area contributed by atoms with Crippen LogP contribution in [0, 0.1) is 5.92 Å². The lowest BCUT2D eigenvalue weighted by Gasteiger charge is -2.16. The third-order valence-corrected chi connectivity index (χ3v) is 2.99. The van der Waals surface area contributed by atoms with Crippen molar-refractivity contribution in [2.24, 2.45) is 5.92 Å². The van der Waals surface area contributed by atoms with E-state index in [0.717, 1.165) is 31.6 Å². The predicted molar refractivity (Wildman–Crippen MR) is 60.2 cm³/mol. The first kappa shape index (κ1) is 12.8. The molecule has 0 bridgehead atoms. The second-order valence-electron chi connectivity index (χ2n) is 4.53. The van der Waals surface area contributed by atoms with E-state index in [4.69, 9.17) is 5.11 Å². The molecule has 0 saturated heterocycles. The molecule has 1 aliphatic carbocycles. The molecule has 1 rings (SSSR count). The molecule has 2 amide bonds. The Hall–Kier alpha value is -1.26. The number of carbonyl (C=O) groups is 2. The highest BCUT2D eigenvalue weighted by Gasteiger charge is 2.17. The fourth-order valence-corrected chi connectivity index (χ4v) is 2.02. The van der Waals surface area contributed by atoms with Crippen molar-refractivity contribution >= 4 is 12.0 Å². The van der Waals surface area contributed by atoms with Crippen molar-refractivity contribution in [1.29, 1.82) is 0 Å². The summed E-state index contributed by atoms with van der Waals surface area (Å²) in [5.74, 6) is -0.293. The molecule has 0 radical (unpaired) electrons. The first-order valence-corrected chi connectivity index (χ1v) is 5.84. The number of carboxylic acids is 1. The van der Waals surface area contributed by atoms with E-state index >= 15 is 0 Å². The van der Waals surface area contributed by atoms with Gasteiger partial charge in [0.25, 0.3) is 0 Å². The Balaban J connectivity index is 2.24. The Kier molecular flexibility index (Phi) is 5.08. The topological polar surface area (TPSA) is 78.4 Å². The van der Waals surface area contributed by atoms with E-state index in [-0.39, 0.29) is 18.6 Å². The summed E-state index contributed by atoms with van der Waals surface area (Å²) in [6, 6.07) is -0.180. The van der Waals surface area contributed by atoms with Gasteiger partial charge in [0.05, 0.1) is 0 Å². The Morgan fingerprint density at radius 2 is 2.00 bits per heavy atom. The molecule has 2 unspecified atom stereocenters. The highest BCUT2D eigenvalue weighted by atomic mass is 16.4. The minimum atomic E-state index is -1.02. The SMILES string of the molecule is CC1CCCC(NC(=O)NCC(=O)O)CC1. The third kappa shape index (κ3) is 5.00. The van der Waals surface area contributed by atoms with Gasteiger partial charge in [-0.05, 0) is 25.2 Å². The maximum absolute atomic E-state index is 11.3. The van der Waals surface area contributed by atoms with Gasteiger partial charge in [-0.3, -0.25) is 4.79 Å². The van der Waals surface area contributed by atoms with Gasteiger partial charge in [0, 0.05) is 6.04 Å². The van der Waals surface area contributed by atoms with Crippen LogP contribution in [-0.4, -0.2) is 29.7 Å². The minimum absolute atomic E-state index is 0.193. The van der Waals surface area contributed by atoms with Crippen LogP contribution in [0.4, 0.5) is 4.79 Å². The van der Waals surface area contributed by atoms with Crippen LogP contribution < -0.4 is 10.6 Å². The second kappa shape index (κ2) is 6.35. The van der Waals surface area contributed by atoms with Crippen LogP contribution >= 0.6 is 0 Å². The van der Waals surface area contributed by atoms with Gasteiger partial charge in [-0.1, -0.05) is 19.8 Å². The molecule has 0 aromatic carbocycles. The van der Waals surface area contributed by atoms with Gasteiger partial charge < -0.3 is 15.7 Å². The van der Waals surface area contributed by atoms with Crippen LogP contribution in [0.15, 0.2) is 0 Å². The molecule has 0 spiro atoms. The average molecular weight is 228 g/mol. The van der Waals surface area contributed by atoms with Crippen molar-refractivity contribution < 1.29 is 14.7 Å². The molecular formula is C11H20N2O3. The number of amides is 2. The first-order chi connectivity index (χ1) is 7.58. The lowest BCUT2D eigenvalue weighted by molar-refractivity contribution is -0.135. The zero-order valence-electron chi connectivity index (χ0n) is 9.66. The average Bonchev–Trinajstić information content (AvgIpc) is 2.41. The highest BCUT2D eigenvalue weighted by Crippen LogP contribution is 2.22. The van der Waals surface area contributed by atoms with Crippen molar-refractivity contribution in [3.8, 4) is 0 Å². The summed E-state index contributed by atoms with van der Waals surface area (Å²) >= 11 is 0. The summed E-state index contributed by atoms with van der Waals surface area (Å²) < 4.78 is 0. The van der Waals surface area contributed by atoms with Crippen LogP contribution in [0.25, 0.3) is 0 Å². The molecule has 1 aliphatic rings. The van der Waals surface area contributed by atoms with E-state index < -0.39 is 5.97 Å². The van der Waals surface area contributed by atoms with Crippen molar-refractivity contribution in [2.75, 3.05) is 6.54 Å². The van der Waals surface area contributed by atoms with Gasteiger partial charge in [0.2, 0.25) is 0 Å². The Morgan fingerprint density at radius 3 is 2.69 bits per heavy atom. The summed E-state index contributed by atoms with van der Waals surface area (Å²) in [7, 11) is 0. The van der Waals surface area contributed by atoms with E-state index in [1.54, 1.807) is 0 Å². The number of carboxylic acid groups (broad SMARTS) is 1. The quantitative estimate of drug-likeness (QED) is 0.638. The predicted octanol–water partition coefficient (Wildman–Crippen LogP) is 1.34. The van der Waals surface area contributed by atoms with Crippen molar-refractivity contribution in [1.82, 2.24) is 10.6 Å². The molecule has 92 valence electrons. The van der Waals surface area contributed by atoms with Gasteiger partial charge in [-0.15, -0.1) is 0 Å². The molecule has 0 aromatic rings. The normalized spacial score (nSPS) is 25.6. The molecular weight excluding hydrogens is 208 g/mol. The van der Waals surface area contributed by atoms with E-state index in [2.05, 4.69) is 17.6 Å². The zero-order chi connectivity index (χ0) is 12.0. The molecule has 1 fully saturated rings. The molecule has 5 nitrogen and oxygen atoms in total. The van der Waals surface area contributed by atoms with Crippen molar-refractivity contribution in [3.63, 3.8) is 0 Å². The summed E-state index contributed by atoms with van der Waals surface area (Å²) in [5, 5.41) is 13.5. The standard InChI is InChI=1S/C11H20N2O3/c1-8-3-2-4-9(6-5-8)13-11(16)12-7-10(14)15/h8-9H,2-7H2,1H3,(H,14,15)(H2,12,13,16). The second-order valence-corrected chi connectivity index (χ2v) is 4.53. The maximum Gasteiger partial charge on any atom is 0.323 e. The minimum Gasteiger partial charge on any atom is -0.480 e. The largest absolute Gasteiger partial charge is 0.480 e. The highest BCUT2D eigenvalue weighted by molar-refractivity contribution is 5.79. The fraction of sp³-hybridized carbons (Fsp3) is 0.818. The number of hydrogen-bond acceptors (Lipinski definition) is 2. The van der Waals surface area contributed by atoms with Crippen LogP contribution in [0.3, 0.4) is 0 Å². The first-order valence-electron chi connectivity index (χ1n) is 5.84. The Bertz CT molecular complexity index is 256. The monoisotopic (exact) mass is 228 g/mol.